The largest absolute Gasteiger partial charge is 0.461 e. The zero-order chi connectivity index (χ0) is 18.5. The van der Waals surface area contributed by atoms with Crippen LogP contribution in [0.1, 0.15) is 12.2 Å². The topological polar surface area (TPSA) is 94.4 Å². The average Bonchev–Trinajstić information content (AvgIpc) is 3.47. The molecule has 2 aromatic heterocycles. The van der Waals surface area contributed by atoms with E-state index in [0.29, 0.717) is 24.2 Å². The number of nitrogens with one attached hydrogen (secondary N) is 3. The summed E-state index contributed by atoms with van der Waals surface area (Å²) in [5.41, 5.74) is 1.26. The summed E-state index contributed by atoms with van der Waals surface area (Å²) in [4.78, 5) is 11.1. The minimum absolute atomic E-state index is 0.352. The van der Waals surface area contributed by atoms with Gasteiger partial charge in [-0.3, -0.25) is 10.1 Å². The van der Waals surface area contributed by atoms with E-state index in [9.17, 15) is 0 Å². The van der Waals surface area contributed by atoms with E-state index >= 15 is 0 Å². The molecule has 27 heavy (non-hydrogen) atoms. The third kappa shape index (κ3) is 4.11. The van der Waals surface area contributed by atoms with E-state index < -0.39 is 0 Å². The SMILES string of the molecule is CN=C(NCc1nc(-c2ccco2)n[nH]1)NC1CCN(c2ccccc2)C1. The van der Waals surface area contributed by atoms with E-state index in [2.05, 4.69) is 60.0 Å². The molecule has 1 unspecified atom stereocenters. The Hall–Kier alpha value is -3.29. The predicted molar refractivity (Wildman–Crippen MR) is 104 cm³/mol. The highest BCUT2D eigenvalue weighted by Crippen LogP contribution is 2.19. The second-order valence-corrected chi connectivity index (χ2v) is 6.42. The van der Waals surface area contributed by atoms with Crippen molar-refractivity contribution in [3.8, 4) is 11.6 Å². The molecule has 140 valence electrons. The van der Waals surface area contributed by atoms with Crippen molar-refractivity contribution in [2.24, 2.45) is 4.99 Å². The lowest BCUT2D eigenvalue weighted by Gasteiger charge is -2.20. The van der Waals surface area contributed by atoms with Crippen molar-refractivity contribution in [1.29, 1.82) is 0 Å². The number of hydrogen-bond acceptors (Lipinski definition) is 5. The van der Waals surface area contributed by atoms with E-state index in [0.717, 1.165) is 31.3 Å². The molecule has 1 aromatic carbocycles. The molecule has 3 heterocycles. The monoisotopic (exact) mass is 365 g/mol. The van der Waals surface area contributed by atoms with E-state index in [1.54, 1.807) is 13.3 Å². The minimum atomic E-state index is 0.352. The zero-order valence-corrected chi connectivity index (χ0v) is 15.2. The van der Waals surface area contributed by atoms with Crippen LogP contribution in [0.2, 0.25) is 0 Å². The molecular weight excluding hydrogens is 342 g/mol. The second-order valence-electron chi connectivity index (χ2n) is 6.42. The standard InChI is InChI=1S/C19H23N7O/c1-20-19(21-12-17-23-18(25-24-17)16-8-5-11-27-16)22-14-9-10-26(13-14)15-6-3-2-4-7-15/h2-8,11,14H,9-10,12-13H2,1H3,(H2,20,21,22)(H,23,24,25). The van der Waals surface area contributed by atoms with Crippen LogP contribution in [-0.4, -0.2) is 47.3 Å². The average molecular weight is 365 g/mol. The van der Waals surface area contributed by atoms with Gasteiger partial charge in [0.25, 0.3) is 0 Å². The number of anilines is 1. The number of benzene rings is 1. The minimum Gasteiger partial charge on any atom is -0.461 e. The Morgan fingerprint density at radius 1 is 1.30 bits per heavy atom. The van der Waals surface area contributed by atoms with Gasteiger partial charge < -0.3 is 20.0 Å². The van der Waals surface area contributed by atoms with Gasteiger partial charge in [-0.05, 0) is 30.7 Å². The van der Waals surface area contributed by atoms with Crippen LogP contribution in [0.15, 0.2) is 58.1 Å². The maximum absolute atomic E-state index is 5.31. The Morgan fingerprint density at radius 2 is 2.19 bits per heavy atom. The summed E-state index contributed by atoms with van der Waals surface area (Å²) in [5, 5.41) is 13.9. The molecule has 3 N–H and O–H groups in total. The summed E-state index contributed by atoms with van der Waals surface area (Å²) < 4.78 is 5.31. The summed E-state index contributed by atoms with van der Waals surface area (Å²) in [6.45, 7) is 2.49. The highest BCUT2D eigenvalue weighted by Gasteiger charge is 2.23. The number of aromatic nitrogens is 3. The first-order valence-corrected chi connectivity index (χ1v) is 9.04. The molecule has 1 saturated heterocycles. The van der Waals surface area contributed by atoms with Crippen molar-refractivity contribution in [3.05, 3.63) is 54.6 Å². The summed E-state index contributed by atoms with van der Waals surface area (Å²) in [5.74, 6) is 2.67. The first-order chi connectivity index (χ1) is 13.3. The van der Waals surface area contributed by atoms with Crippen molar-refractivity contribution in [1.82, 2.24) is 25.8 Å². The molecule has 1 aliphatic rings. The summed E-state index contributed by atoms with van der Waals surface area (Å²) in [6, 6.07) is 14.5. The first-order valence-electron chi connectivity index (χ1n) is 9.04. The van der Waals surface area contributed by atoms with Gasteiger partial charge >= 0.3 is 0 Å². The molecule has 0 aliphatic carbocycles. The molecule has 0 bridgehead atoms. The van der Waals surface area contributed by atoms with Crippen LogP contribution >= 0.6 is 0 Å². The fourth-order valence-electron chi connectivity index (χ4n) is 3.20. The van der Waals surface area contributed by atoms with Gasteiger partial charge in [-0.1, -0.05) is 18.2 Å². The maximum Gasteiger partial charge on any atom is 0.216 e. The lowest BCUT2D eigenvalue weighted by molar-refractivity contribution is 0.577. The first kappa shape index (κ1) is 17.1. The quantitative estimate of drug-likeness (QED) is 0.473. The van der Waals surface area contributed by atoms with Crippen LogP contribution < -0.4 is 15.5 Å². The summed E-state index contributed by atoms with van der Waals surface area (Å²) in [7, 11) is 1.77. The number of aliphatic imine (C=N–C) groups is 1. The summed E-state index contributed by atoms with van der Waals surface area (Å²) in [6.07, 6.45) is 2.68. The third-order valence-corrected chi connectivity index (χ3v) is 4.57. The Morgan fingerprint density at radius 3 is 2.96 bits per heavy atom. The predicted octanol–water partition coefficient (Wildman–Crippen LogP) is 2.01. The fraction of sp³-hybridized carbons (Fsp3) is 0.316. The van der Waals surface area contributed by atoms with Gasteiger partial charge in [-0.15, -0.1) is 5.10 Å². The van der Waals surface area contributed by atoms with Crippen LogP contribution in [0.25, 0.3) is 11.6 Å². The Balaban J connectivity index is 1.29. The smallest absolute Gasteiger partial charge is 0.216 e. The Labute approximate surface area is 157 Å². The second kappa shape index (κ2) is 7.94. The van der Waals surface area contributed by atoms with Crippen molar-refractivity contribution >= 4 is 11.6 Å². The summed E-state index contributed by atoms with van der Waals surface area (Å²) >= 11 is 0. The van der Waals surface area contributed by atoms with Gasteiger partial charge in [0.15, 0.2) is 11.7 Å². The lowest BCUT2D eigenvalue weighted by atomic mass is 10.3. The van der Waals surface area contributed by atoms with E-state index in [4.69, 9.17) is 4.42 Å². The Bertz CT molecular complexity index is 873. The van der Waals surface area contributed by atoms with Crippen molar-refractivity contribution in [2.75, 3.05) is 25.0 Å². The maximum atomic E-state index is 5.31. The van der Waals surface area contributed by atoms with E-state index in [1.807, 2.05) is 18.2 Å². The molecule has 0 amide bonds. The van der Waals surface area contributed by atoms with Crippen molar-refractivity contribution < 1.29 is 4.42 Å². The van der Waals surface area contributed by atoms with Crippen LogP contribution in [-0.2, 0) is 6.54 Å². The zero-order valence-electron chi connectivity index (χ0n) is 15.2. The number of furan rings is 1. The molecule has 0 spiro atoms. The Kier molecular flexibility index (Phi) is 5.04. The van der Waals surface area contributed by atoms with Crippen LogP contribution in [0, 0.1) is 0 Å². The number of H-pyrrole nitrogens is 1. The number of guanidine groups is 1. The molecular formula is C19H23N7O. The number of aromatic amines is 1. The fourth-order valence-corrected chi connectivity index (χ4v) is 3.20. The van der Waals surface area contributed by atoms with Crippen LogP contribution in [0.4, 0.5) is 5.69 Å². The van der Waals surface area contributed by atoms with Gasteiger partial charge in [0, 0.05) is 31.9 Å². The van der Waals surface area contributed by atoms with Gasteiger partial charge in [0.2, 0.25) is 5.82 Å². The molecule has 0 saturated carbocycles. The highest BCUT2D eigenvalue weighted by molar-refractivity contribution is 5.80. The van der Waals surface area contributed by atoms with E-state index in [1.165, 1.54) is 5.69 Å². The normalized spacial score (nSPS) is 17.3. The van der Waals surface area contributed by atoms with Crippen molar-refractivity contribution in [2.45, 2.75) is 19.0 Å². The molecule has 3 aromatic rings. The molecule has 4 rings (SSSR count). The third-order valence-electron chi connectivity index (χ3n) is 4.57. The molecule has 0 radical (unpaired) electrons. The number of rotatable bonds is 5. The number of para-hydroxylation sites is 1. The van der Waals surface area contributed by atoms with E-state index in [-0.39, 0.29) is 0 Å². The van der Waals surface area contributed by atoms with Crippen molar-refractivity contribution in [3.63, 3.8) is 0 Å². The lowest BCUT2D eigenvalue weighted by Crippen LogP contribution is -2.44. The number of hydrogen-bond donors (Lipinski definition) is 3. The van der Waals surface area contributed by atoms with Crippen LogP contribution in [0.5, 0.6) is 0 Å². The van der Waals surface area contributed by atoms with Gasteiger partial charge in [0.1, 0.15) is 5.82 Å². The number of nitrogens with zero attached hydrogens (tertiary/aromatic N) is 4. The molecule has 1 aliphatic heterocycles. The van der Waals surface area contributed by atoms with Gasteiger partial charge in [-0.25, -0.2) is 4.98 Å². The van der Waals surface area contributed by atoms with Gasteiger partial charge in [-0.2, -0.15) is 0 Å². The molecule has 1 atom stereocenters. The highest BCUT2D eigenvalue weighted by atomic mass is 16.3. The molecule has 8 heteroatoms. The molecule has 1 fully saturated rings. The van der Waals surface area contributed by atoms with Crippen LogP contribution in [0.3, 0.4) is 0 Å². The molecule has 8 nitrogen and oxygen atoms in total. The van der Waals surface area contributed by atoms with Gasteiger partial charge in [0.05, 0.1) is 12.8 Å².